The molecule has 2 bridgehead atoms. The van der Waals surface area contributed by atoms with E-state index in [1.165, 1.54) is 29.8 Å². The normalized spacial score (nSPS) is 21.6. The van der Waals surface area contributed by atoms with Crippen LogP contribution in [0.3, 0.4) is 0 Å². The second kappa shape index (κ2) is 5.85. The molecule has 4 heterocycles. The number of amides is 1. The van der Waals surface area contributed by atoms with Gasteiger partial charge < -0.3 is 9.80 Å². The molecule has 2 aliphatic rings. The van der Waals surface area contributed by atoms with Gasteiger partial charge >= 0.3 is 0 Å². The van der Waals surface area contributed by atoms with Crippen LogP contribution in [-0.2, 0) is 0 Å². The molecule has 2 aromatic heterocycles. The SMILES string of the molecule is O=C(NO)c1cnc(N2C[C@@H]3C[C@@H]2CN3c2ccc3nsnc3c2)nc1. The number of aromatic nitrogens is 4. The lowest BCUT2D eigenvalue weighted by Gasteiger charge is -2.35. The lowest BCUT2D eigenvalue weighted by Crippen LogP contribution is -2.47. The van der Waals surface area contributed by atoms with Crippen molar-refractivity contribution in [1.29, 1.82) is 0 Å². The van der Waals surface area contributed by atoms with Gasteiger partial charge in [-0.25, -0.2) is 15.4 Å². The minimum Gasteiger partial charge on any atom is -0.365 e. The maximum atomic E-state index is 11.4. The molecule has 0 aliphatic carbocycles. The number of hydrogen-bond acceptors (Lipinski definition) is 9. The van der Waals surface area contributed by atoms with Crippen LogP contribution in [-0.4, -0.2) is 55.0 Å². The summed E-state index contributed by atoms with van der Waals surface area (Å²) in [5.41, 5.74) is 4.86. The van der Waals surface area contributed by atoms with Crippen LogP contribution in [0.4, 0.5) is 11.6 Å². The molecule has 132 valence electrons. The molecule has 2 fully saturated rings. The van der Waals surface area contributed by atoms with E-state index in [0.29, 0.717) is 18.0 Å². The first-order valence-electron chi connectivity index (χ1n) is 8.25. The molecule has 1 amide bonds. The summed E-state index contributed by atoms with van der Waals surface area (Å²) in [5, 5.41) is 8.67. The van der Waals surface area contributed by atoms with E-state index in [2.05, 4.69) is 40.6 Å². The molecule has 3 aromatic rings. The van der Waals surface area contributed by atoms with Crippen molar-refractivity contribution >= 4 is 40.3 Å². The molecule has 5 rings (SSSR count). The van der Waals surface area contributed by atoms with Crippen molar-refractivity contribution in [2.24, 2.45) is 0 Å². The molecule has 1 aromatic carbocycles. The number of nitrogens with one attached hydrogen (secondary N) is 1. The van der Waals surface area contributed by atoms with Crippen LogP contribution in [0.15, 0.2) is 30.6 Å². The van der Waals surface area contributed by atoms with E-state index < -0.39 is 5.91 Å². The van der Waals surface area contributed by atoms with Gasteiger partial charge in [-0.3, -0.25) is 10.0 Å². The van der Waals surface area contributed by atoms with Gasteiger partial charge in [0, 0.05) is 37.2 Å². The molecular formula is C16H15N7O2S. The number of rotatable bonds is 3. The molecule has 9 nitrogen and oxygen atoms in total. The predicted octanol–water partition coefficient (Wildman–Crippen LogP) is 1.07. The molecule has 2 atom stereocenters. The monoisotopic (exact) mass is 369 g/mol. The summed E-state index contributed by atoms with van der Waals surface area (Å²) in [5.74, 6) is 0.00313. The Hall–Kier alpha value is -2.85. The van der Waals surface area contributed by atoms with Gasteiger partial charge in [0.2, 0.25) is 5.95 Å². The van der Waals surface area contributed by atoms with Crippen molar-refractivity contribution in [3.63, 3.8) is 0 Å². The number of hydrogen-bond donors (Lipinski definition) is 2. The summed E-state index contributed by atoms with van der Waals surface area (Å²) in [7, 11) is 0. The van der Waals surface area contributed by atoms with Crippen molar-refractivity contribution in [2.45, 2.75) is 18.5 Å². The van der Waals surface area contributed by atoms with Gasteiger partial charge in [-0.1, -0.05) is 0 Å². The summed E-state index contributed by atoms with van der Waals surface area (Å²) in [6, 6.07) is 6.96. The van der Waals surface area contributed by atoms with Crippen LogP contribution in [0.5, 0.6) is 0 Å². The molecule has 10 heteroatoms. The highest BCUT2D eigenvalue weighted by atomic mass is 32.1. The first-order valence-corrected chi connectivity index (χ1v) is 8.98. The third kappa shape index (κ3) is 2.37. The lowest BCUT2D eigenvalue weighted by molar-refractivity contribution is 0.0705. The molecular weight excluding hydrogens is 354 g/mol. The molecule has 2 N–H and O–H groups in total. The largest absolute Gasteiger partial charge is 0.365 e. The topological polar surface area (TPSA) is 107 Å². The van der Waals surface area contributed by atoms with Crippen LogP contribution in [0.2, 0.25) is 0 Å². The minimum atomic E-state index is -0.613. The Bertz CT molecular complexity index is 976. The Balaban J connectivity index is 1.34. The Morgan fingerprint density at radius 3 is 2.58 bits per heavy atom. The second-order valence-corrected chi connectivity index (χ2v) is 7.03. The number of fused-ring (bicyclic) bond motifs is 3. The molecule has 2 aliphatic heterocycles. The van der Waals surface area contributed by atoms with Gasteiger partial charge in [-0.15, -0.1) is 0 Å². The van der Waals surface area contributed by atoms with Crippen molar-refractivity contribution < 1.29 is 10.0 Å². The van der Waals surface area contributed by atoms with E-state index in [9.17, 15) is 4.79 Å². The number of benzene rings is 1. The van der Waals surface area contributed by atoms with Gasteiger partial charge in [0.05, 0.1) is 23.3 Å². The van der Waals surface area contributed by atoms with Crippen molar-refractivity contribution in [3.8, 4) is 0 Å². The van der Waals surface area contributed by atoms with Crippen LogP contribution in [0.1, 0.15) is 16.8 Å². The molecule has 2 saturated heterocycles. The Labute approximate surface area is 152 Å². The quantitative estimate of drug-likeness (QED) is 0.521. The van der Waals surface area contributed by atoms with Gasteiger partial charge in [0.25, 0.3) is 5.91 Å². The fourth-order valence-electron chi connectivity index (χ4n) is 3.83. The summed E-state index contributed by atoms with van der Waals surface area (Å²) < 4.78 is 8.58. The van der Waals surface area contributed by atoms with Crippen LogP contribution in [0, 0.1) is 0 Å². The Morgan fingerprint density at radius 1 is 1.12 bits per heavy atom. The zero-order valence-corrected chi connectivity index (χ0v) is 14.4. The van der Waals surface area contributed by atoms with Crippen LogP contribution < -0.4 is 15.3 Å². The number of carbonyl (C=O) groups is 1. The standard InChI is InChI=1S/C16H15N7O2S/c24-15(19-25)9-5-17-16(18-6-9)23-8-11-3-12(23)7-22(11)10-1-2-13-14(4-10)21-26-20-13/h1-2,4-6,11-12,25H,3,7-8H2,(H,19,24)/t11-,12+/m0/s1. The van der Waals surface area contributed by atoms with Gasteiger partial charge in [-0.05, 0) is 24.6 Å². The fourth-order valence-corrected chi connectivity index (χ4v) is 4.35. The summed E-state index contributed by atoms with van der Waals surface area (Å²) in [6.07, 6.45) is 3.91. The van der Waals surface area contributed by atoms with Crippen molar-refractivity contribution in [3.05, 3.63) is 36.2 Å². The molecule has 0 radical (unpaired) electrons. The first kappa shape index (κ1) is 15.4. The maximum absolute atomic E-state index is 11.4. The summed E-state index contributed by atoms with van der Waals surface area (Å²) in [4.78, 5) is 24.5. The van der Waals surface area contributed by atoms with E-state index in [1.54, 1.807) is 5.48 Å². The van der Waals surface area contributed by atoms with Gasteiger partial charge in [0.1, 0.15) is 11.0 Å². The number of anilines is 2. The smallest absolute Gasteiger partial charge is 0.277 e. The lowest BCUT2D eigenvalue weighted by atomic mass is 10.2. The number of nitrogens with zero attached hydrogens (tertiary/aromatic N) is 6. The molecule has 0 spiro atoms. The molecule has 0 unspecified atom stereocenters. The van der Waals surface area contributed by atoms with E-state index in [-0.39, 0.29) is 5.56 Å². The molecule has 26 heavy (non-hydrogen) atoms. The van der Waals surface area contributed by atoms with E-state index in [4.69, 9.17) is 5.21 Å². The Kier molecular flexibility index (Phi) is 3.47. The third-order valence-electron chi connectivity index (χ3n) is 5.07. The fraction of sp³-hybridized carbons (Fsp3) is 0.312. The summed E-state index contributed by atoms with van der Waals surface area (Å²) in [6.45, 7) is 1.74. The molecule has 0 saturated carbocycles. The number of carbonyl (C=O) groups excluding carboxylic acids is 1. The van der Waals surface area contributed by atoms with Crippen molar-refractivity contribution in [2.75, 3.05) is 22.9 Å². The predicted molar refractivity (Wildman–Crippen MR) is 95.6 cm³/mol. The van der Waals surface area contributed by atoms with Crippen LogP contribution in [0.25, 0.3) is 11.0 Å². The van der Waals surface area contributed by atoms with E-state index >= 15 is 0 Å². The zero-order chi connectivity index (χ0) is 17.7. The average molecular weight is 369 g/mol. The van der Waals surface area contributed by atoms with E-state index in [0.717, 1.165) is 30.5 Å². The first-order chi connectivity index (χ1) is 12.7. The Morgan fingerprint density at radius 2 is 1.85 bits per heavy atom. The minimum absolute atomic E-state index is 0.229. The highest BCUT2D eigenvalue weighted by Gasteiger charge is 2.44. The highest BCUT2D eigenvalue weighted by molar-refractivity contribution is 7.00. The van der Waals surface area contributed by atoms with E-state index in [1.807, 2.05) is 6.07 Å². The van der Waals surface area contributed by atoms with Gasteiger partial charge in [0.15, 0.2) is 0 Å². The van der Waals surface area contributed by atoms with Crippen LogP contribution >= 0.6 is 11.7 Å². The number of hydroxylamine groups is 1. The third-order valence-corrected chi connectivity index (χ3v) is 5.63. The highest BCUT2D eigenvalue weighted by Crippen LogP contribution is 2.36. The van der Waals surface area contributed by atoms with Crippen molar-refractivity contribution in [1.82, 2.24) is 24.2 Å². The second-order valence-electron chi connectivity index (χ2n) is 6.50. The average Bonchev–Trinajstić information content (AvgIpc) is 3.41. The summed E-state index contributed by atoms with van der Waals surface area (Å²) >= 11 is 1.23. The van der Waals surface area contributed by atoms with Gasteiger partial charge in [-0.2, -0.15) is 8.75 Å². The zero-order valence-electron chi connectivity index (χ0n) is 13.6. The maximum Gasteiger partial charge on any atom is 0.277 e. The number of piperazine rings is 1.